The molecule has 0 radical (unpaired) electrons. The van der Waals surface area contributed by atoms with Crippen molar-refractivity contribution in [3.05, 3.63) is 0 Å². The number of carbonyl (C=O) groups excluding carboxylic acids is 1. The molecule has 4 nitrogen and oxygen atoms in total. The van der Waals surface area contributed by atoms with E-state index in [2.05, 4.69) is 5.32 Å². The zero-order valence-electron chi connectivity index (χ0n) is 8.79. The average molecular weight is 200 g/mol. The van der Waals surface area contributed by atoms with Gasteiger partial charge in [-0.3, -0.25) is 4.79 Å². The summed E-state index contributed by atoms with van der Waals surface area (Å²) in [6.45, 7) is 3.96. The predicted molar refractivity (Wildman–Crippen MR) is 54.8 cm³/mol. The third kappa shape index (κ3) is 5.19. The van der Waals surface area contributed by atoms with Crippen molar-refractivity contribution in [2.75, 3.05) is 19.8 Å². The molecule has 0 bridgehead atoms. The number of nitrogens with two attached hydrogens (primary N) is 1. The molecular formula is C10H20N2O2. The van der Waals surface area contributed by atoms with Crippen LogP contribution in [0.25, 0.3) is 0 Å². The van der Waals surface area contributed by atoms with Crippen LogP contribution in [0.5, 0.6) is 0 Å². The van der Waals surface area contributed by atoms with Crippen LogP contribution in [0.2, 0.25) is 0 Å². The van der Waals surface area contributed by atoms with E-state index in [1.54, 1.807) is 6.92 Å². The molecule has 0 spiro atoms. The van der Waals surface area contributed by atoms with Crippen LogP contribution in [-0.4, -0.2) is 31.7 Å². The number of nitrogens with one attached hydrogen (secondary N) is 1. The molecule has 1 fully saturated rings. The maximum atomic E-state index is 11.0. The summed E-state index contributed by atoms with van der Waals surface area (Å²) in [6.07, 6.45) is 3.51. The summed E-state index contributed by atoms with van der Waals surface area (Å²) in [4.78, 5) is 11.0. The Morgan fingerprint density at radius 1 is 1.64 bits per heavy atom. The van der Waals surface area contributed by atoms with Gasteiger partial charge >= 0.3 is 0 Å². The lowest BCUT2D eigenvalue weighted by molar-refractivity contribution is -0.122. The van der Waals surface area contributed by atoms with Crippen molar-refractivity contribution in [3.63, 3.8) is 0 Å². The van der Waals surface area contributed by atoms with Crippen molar-refractivity contribution < 1.29 is 9.53 Å². The van der Waals surface area contributed by atoms with E-state index in [0.29, 0.717) is 6.54 Å². The summed E-state index contributed by atoms with van der Waals surface area (Å²) in [7, 11) is 0. The van der Waals surface area contributed by atoms with Crippen LogP contribution in [-0.2, 0) is 9.53 Å². The highest BCUT2D eigenvalue weighted by Gasteiger charge is 2.20. The summed E-state index contributed by atoms with van der Waals surface area (Å²) in [6, 6.07) is -0.414. The van der Waals surface area contributed by atoms with Crippen molar-refractivity contribution in [2.45, 2.75) is 32.2 Å². The first-order chi connectivity index (χ1) is 6.70. The summed E-state index contributed by atoms with van der Waals surface area (Å²) in [5, 5.41) is 2.74. The van der Waals surface area contributed by atoms with Crippen molar-refractivity contribution >= 4 is 5.91 Å². The number of hydrogen-bond acceptors (Lipinski definition) is 3. The van der Waals surface area contributed by atoms with E-state index in [9.17, 15) is 4.79 Å². The second kappa shape index (κ2) is 5.98. The van der Waals surface area contributed by atoms with E-state index in [1.165, 1.54) is 12.8 Å². The van der Waals surface area contributed by atoms with E-state index in [0.717, 1.165) is 25.6 Å². The lowest BCUT2D eigenvalue weighted by Gasteiger charge is -2.07. The minimum absolute atomic E-state index is 0.0906. The molecule has 82 valence electrons. The first kappa shape index (κ1) is 11.5. The third-order valence-electron chi connectivity index (χ3n) is 2.23. The fraction of sp³-hybridized carbons (Fsp3) is 0.900. The van der Waals surface area contributed by atoms with Gasteiger partial charge in [-0.2, -0.15) is 0 Å². The normalized spacial score (nSPS) is 17.9. The van der Waals surface area contributed by atoms with Crippen LogP contribution in [0.3, 0.4) is 0 Å². The van der Waals surface area contributed by atoms with E-state index in [-0.39, 0.29) is 5.91 Å². The number of ether oxygens (including phenoxy) is 1. The highest BCUT2D eigenvalue weighted by molar-refractivity contribution is 5.80. The maximum Gasteiger partial charge on any atom is 0.236 e. The Kier molecular flexibility index (Phi) is 4.90. The summed E-state index contributed by atoms with van der Waals surface area (Å²) in [5.74, 6) is 0.723. The molecule has 0 aliphatic heterocycles. The quantitative estimate of drug-likeness (QED) is 0.580. The van der Waals surface area contributed by atoms with Crippen molar-refractivity contribution in [1.29, 1.82) is 0 Å². The Morgan fingerprint density at radius 3 is 2.93 bits per heavy atom. The molecule has 1 amide bonds. The molecule has 1 saturated carbocycles. The van der Waals surface area contributed by atoms with Crippen LogP contribution >= 0.6 is 0 Å². The van der Waals surface area contributed by atoms with Crippen LogP contribution in [0.4, 0.5) is 0 Å². The molecule has 0 aromatic carbocycles. The molecular weight excluding hydrogens is 180 g/mol. The molecule has 1 rings (SSSR count). The second-order valence-electron chi connectivity index (χ2n) is 3.95. The van der Waals surface area contributed by atoms with Gasteiger partial charge in [-0.25, -0.2) is 0 Å². The van der Waals surface area contributed by atoms with Gasteiger partial charge < -0.3 is 15.8 Å². The maximum absolute atomic E-state index is 11.0. The first-order valence-corrected chi connectivity index (χ1v) is 5.31. The Labute approximate surface area is 85.2 Å². The Balaban J connectivity index is 1.81. The van der Waals surface area contributed by atoms with E-state index >= 15 is 0 Å². The first-order valence-electron chi connectivity index (χ1n) is 5.31. The molecule has 0 heterocycles. The Bertz CT molecular complexity index is 179. The molecule has 4 heteroatoms. The molecule has 0 saturated heterocycles. The highest BCUT2D eigenvalue weighted by Crippen LogP contribution is 2.28. The standard InChI is InChI=1S/C10H20N2O2/c1-8(11)10(13)12-5-2-6-14-7-9-3-4-9/h8-9H,2-7,11H2,1H3,(H,12,13)/t8-/m1/s1. The van der Waals surface area contributed by atoms with Crippen LogP contribution in [0.1, 0.15) is 26.2 Å². The largest absolute Gasteiger partial charge is 0.381 e. The molecule has 1 aliphatic rings. The minimum Gasteiger partial charge on any atom is -0.381 e. The van der Waals surface area contributed by atoms with Gasteiger partial charge in [0.05, 0.1) is 6.04 Å². The Hall–Kier alpha value is -0.610. The second-order valence-corrected chi connectivity index (χ2v) is 3.95. The molecule has 1 atom stereocenters. The van der Waals surface area contributed by atoms with Gasteiger partial charge in [0.15, 0.2) is 0 Å². The van der Waals surface area contributed by atoms with Gasteiger partial charge in [0.25, 0.3) is 0 Å². The number of carbonyl (C=O) groups is 1. The van der Waals surface area contributed by atoms with Gasteiger partial charge in [0, 0.05) is 19.8 Å². The molecule has 3 N–H and O–H groups in total. The molecule has 1 aliphatic carbocycles. The van der Waals surface area contributed by atoms with Gasteiger partial charge in [-0.15, -0.1) is 0 Å². The van der Waals surface area contributed by atoms with Crippen LogP contribution in [0.15, 0.2) is 0 Å². The monoisotopic (exact) mass is 200 g/mol. The fourth-order valence-electron chi connectivity index (χ4n) is 1.08. The lowest BCUT2D eigenvalue weighted by atomic mass is 10.3. The third-order valence-corrected chi connectivity index (χ3v) is 2.23. The van der Waals surface area contributed by atoms with Gasteiger partial charge in [0.2, 0.25) is 5.91 Å². The lowest BCUT2D eigenvalue weighted by Crippen LogP contribution is -2.38. The number of amides is 1. The summed E-state index contributed by atoms with van der Waals surface area (Å²) in [5.41, 5.74) is 5.38. The van der Waals surface area contributed by atoms with Gasteiger partial charge in [-0.1, -0.05) is 0 Å². The van der Waals surface area contributed by atoms with Crippen molar-refractivity contribution in [2.24, 2.45) is 11.7 Å². The van der Waals surface area contributed by atoms with Gasteiger partial charge in [0.1, 0.15) is 0 Å². The summed E-state index contributed by atoms with van der Waals surface area (Å²) < 4.78 is 5.42. The minimum atomic E-state index is -0.414. The zero-order chi connectivity index (χ0) is 10.4. The topological polar surface area (TPSA) is 64.4 Å². The highest BCUT2D eigenvalue weighted by atomic mass is 16.5. The van der Waals surface area contributed by atoms with E-state index < -0.39 is 6.04 Å². The molecule has 0 aromatic heterocycles. The fourth-order valence-corrected chi connectivity index (χ4v) is 1.08. The SMILES string of the molecule is C[C@@H](N)C(=O)NCCCOCC1CC1. The number of hydrogen-bond donors (Lipinski definition) is 2. The molecule has 0 aromatic rings. The average Bonchev–Trinajstić information content (AvgIpc) is 2.94. The molecule has 14 heavy (non-hydrogen) atoms. The Morgan fingerprint density at radius 2 is 2.36 bits per heavy atom. The van der Waals surface area contributed by atoms with Crippen LogP contribution < -0.4 is 11.1 Å². The smallest absolute Gasteiger partial charge is 0.236 e. The zero-order valence-corrected chi connectivity index (χ0v) is 8.79. The van der Waals surface area contributed by atoms with Gasteiger partial charge in [-0.05, 0) is 32.1 Å². The summed E-state index contributed by atoms with van der Waals surface area (Å²) >= 11 is 0. The van der Waals surface area contributed by atoms with Crippen molar-refractivity contribution in [1.82, 2.24) is 5.32 Å². The molecule has 0 unspecified atom stereocenters. The van der Waals surface area contributed by atoms with Crippen molar-refractivity contribution in [3.8, 4) is 0 Å². The van der Waals surface area contributed by atoms with E-state index in [4.69, 9.17) is 10.5 Å². The number of rotatable bonds is 7. The van der Waals surface area contributed by atoms with Crippen LogP contribution in [0, 0.1) is 5.92 Å². The predicted octanol–water partition coefficient (Wildman–Crippen LogP) is 0.267. The van der Waals surface area contributed by atoms with E-state index in [1.807, 2.05) is 0 Å².